The normalized spacial score (nSPS) is 24.4. The Hall–Kier alpha value is -2.28. The molecule has 1 aliphatic carbocycles. The van der Waals surface area contributed by atoms with Crippen molar-refractivity contribution in [2.24, 2.45) is 0 Å². The van der Waals surface area contributed by atoms with Crippen LogP contribution in [0.15, 0.2) is 29.0 Å². The highest BCUT2D eigenvalue weighted by molar-refractivity contribution is 5.81. The summed E-state index contributed by atoms with van der Waals surface area (Å²) >= 11 is 0. The van der Waals surface area contributed by atoms with E-state index >= 15 is 0 Å². The third kappa shape index (κ3) is 2.84. The van der Waals surface area contributed by atoms with E-state index in [1.807, 2.05) is 23.2 Å². The molecular weight excluding hydrogens is 294 g/mol. The number of aromatic nitrogens is 3. The average Bonchev–Trinajstić information content (AvgIpc) is 3.22. The highest BCUT2D eigenvalue weighted by Crippen LogP contribution is 2.41. The fourth-order valence-corrected chi connectivity index (χ4v) is 3.30. The first-order valence-electron chi connectivity index (χ1n) is 7.96. The Bertz CT molecular complexity index is 698. The molecule has 0 unspecified atom stereocenters. The van der Waals surface area contributed by atoms with Gasteiger partial charge in [0.15, 0.2) is 5.82 Å². The van der Waals surface area contributed by atoms with E-state index in [4.69, 9.17) is 4.52 Å². The van der Waals surface area contributed by atoms with Gasteiger partial charge in [0.25, 0.3) is 0 Å². The average molecular weight is 313 g/mol. The second kappa shape index (κ2) is 5.73. The van der Waals surface area contributed by atoms with Crippen molar-refractivity contribution in [1.82, 2.24) is 25.3 Å². The van der Waals surface area contributed by atoms with Gasteiger partial charge >= 0.3 is 0 Å². The number of hydrogen-bond acceptors (Lipinski definition) is 6. The zero-order valence-corrected chi connectivity index (χ0v) is 13.0. The molecule has 1 N–H and O–H groups in total. The summed E-state index contributed by atoms with van der Waals surface area (Å²) < 4.78 is 4.99. The standard InChI is InChI=1S/C16H19N5O2/c1-10-19-14(20-23-10)9-18-13-7-15(22)21(12-4-5-12)16(13)11-3-2-6-17-8-11/h2-3,6,8,12-13,16,18H,4-5,7,9H2,1H3/t13-,16+/m1/s1. The second-order valence-electron chi connectivity index (χ2n) is 6.18. The van der Waals surface area contributed by atoms with E-state index in [-0.39, 0.29) is 18.0 Å². The molecule has 1 amide bonds. The maximum Gasteiger partial charge on any atom is 0.225 e. The van der Waals surface area contributed by atoms with Crippen molar-refractivity contribution < 1.29 is 9.32 Å². The van der Waals surface area contributed by atoms with Crippen molar-refractivity contribution in [1.29, 1.82) is 0 Å². The van der Waals surface area contributed by atoms with Gasteiger partial charge in [-0.1, -0.05) is 11.2 Å². The molecule has 23 heavy (non-hydrogen) atoms. The number of rotatable bonds is 5. The Labute approximate surface area is 134 Å². The van der Waals surface area contributed by atoms with E-state index < -0.39 is 0 Å². The van der Waals surface area contributed by atoms with E-state index in [1.165, 1.54) is 0 Å². The lowest BCUT2D eigenvalue weighted by Crippen LogP contribution is -2.37. The summed E-state index contributed by atoms with van der Waals surface area (Å²) in [4.78, 5) is 22.9. The number of hydrogen-bond donors (Lipinski definition) is 1. The summed E-state index contributed by atoms with van der Waals surface area (Å²) in [7, 11) is 0. The van der Waals surface area contributed by atoms with Crippen molar-refractivity contribution in [2.45, 2.75) is 50.9 Å². The Morgan fingerprint density at radius 3 is 2.96 bits per heavy atom. The second-order valence-corrected chi connectivity index (χ2v) is 6.18. The molecule has 0 bridgehead atoms. The number of aryl methyl sites for hydroxylation is 1. The minimum absolute atomic E-state index is 0.0247. The minimum atomic E-state index is 0.0247. The third-order valence-corrected chi connectivity index (χ3v) is 4.42. The quantitative estimate of drug-likeness (QED) is 0.897. The maximum atomic E-state index is 12.5. The molecule has 7 nitrogen and oxygen atoms in total. The van der Waals surface area contributed by atoms with Gasteiger partial charge in [-0.2, -0.15) is 4.98 Å². The molecule has 2 aliphatic rings. The lowest BCUT2D eigenvalue weighted by atomic mass is 10.0. The van der Waals surface area contributed by atoms with Crippen LogP contribution in [0, 0.1) is 6.92 Å². The van der Waals surface area contributed by atoms with Crippen LogP contribution in [0.3, 0.4) is 0 Å². The molecular formula is C16H19N5O2. The third-order valence-electron chi connectivity index (χ3n) is 4.42. The van der Waals surface area contributed by atoms with Gasteiger partial charge in [-0.05, 0) is 24.5 Å². The maximum absolute atomic E-state index is 12.5. The van der Waals surface area contributed by atoms with Gasteiger partial charge in [0.2, 0.25) is 11.8 Å². The van der Waals surface area contributed by atoms with Crippen LogP contribution in [0.25, 0.3) is 0 Å². The zero-order valence-electron chi connectivity index (χ0n) is 13.0. The molecule has 1 saturated heterocycles. The number of pyridine rings is 1. The van der Waals surface area contributed by atoms with Crippen LogP contribution in [0.4, 0.5) is 0 Å². The summed E-state index contributed by atoms with van der Waals surface area (Å²) in [5, 5.41) is 7.33. The van der Waals surface area contributed by atoms with Crippen molar-refractivity contribution >= 4 is 5.91 Å². The van der Waals surface area contributed by atoms with Gasteiger partial charge in [-0.25, -0.2) is 0 Å². The summed E-state index contributed by atoms with van der Waals surface area (Å²) in [5.41, 5.74) is 1.08. The van der Waals surface area contributed by atoms with Crippen molar-refractivity contribution in [3.8, 4) is 0 Å². The van der Waals surface area contributed by atoms with Crippen LogP contribution in [-0.2, 0) is 11.3 Å². The van der Waals surface area contributed by atoms with Crippen LogP contribution < -0.4 is 5.32 Å². The molecule has 2 aromatic rings. The van der Waals surface area contributed by atoms with Crippen LogP contribution in [-0.4, -0.2) is 38.0 Å². The molecule has 2 aromatic heterocycles. The molecule has 2 fully saturated rings. The van der Waals surface area contributed by atoms with E-state index in [0.29, 0.717) is 30.7 Å². The lowest BCUT2D eigenvalue weighted by molar-refractivity contribution is -0.129. The number of carbonyl (C=O) groups is 1. The number of likely N-dealkylation sites (tertiary alicyclic amines) is 1. The first kappa shape index (κ1) is 14.3. The molecule has 120 valence electrons. The van der Waals surface area contributed by atoms with Gasteiger partial charge in [-0.15, -0.1) is 0 Å². The number of carbonyl (C=O) groups excluding carboxylic acids is 1. The predicted molar refractivity (Wildman–Crippen MR) is 81.1 cm³/mol. The van der Waals surface area contributed by atoms with Gasteiger partial charge < -0.3 is 14.7 Å². The molecule has 1 saturated carbocycles. The van der Waals surface area contributed by atoms with Crippen molar-refractivity contribution in [3.05, 3.63) is 41.8 Å². The van der Waals surface area contributed by atoms with Crippen LogP contribution >= 0.6 is 0 Å². The fraction of sp³-hybridized carbons (Fsp3) is 0.500. The number of nitrogens with one attached hydrogen (secondary N) is 1. The lowest BCUT2D eigenvalue weighted by Gasteiger charge is -2.28. The van der Waals surface area contributed by atoms with E-state index in [1.54, 1.807) is 13.1 Å². The molecule has 0 aromatic carbocycles. The molecule has 0 spiro atoms. The monoisotopic (exact) mass is 313 g/mol. The topological polar surface area (TPSA) is 84.2 Å². The Kier molecular flexibility index (Phi) is 3.57. The van der Waals surface area contributed by atoms with Gasteiger partial charge in [-0.3, -0.25) is 9.78 Å². The van der Waals surface area contributed by atoms with E-state index in [0.717, 1.165) is 18.4 Å². The van der Waals surface area contributed by atoms with Crippen LogP contribution in [0.1, 0.15) is 42.6 Å². The Morgan fingerprint density at radius 1 is 1.43 bits per heavy atom. The number of amides is 1. The number of nitrogens with zero attached hydrogens (tertiary/aromatic N) is 4. The first-order chi connectivity index (χ1) is 11.2. The van der Waals surface area contributed by atoms with Gasteiger partial charge in [0.1, 0.15) is 0 Å². The molecule has 3 heterocycles. The molecule has 4 rings (SSSR count). The molecule has 0 radical (unpaired) electrons. The van der Waals surface area contributed by atoms with Gasteiger partial charge in [0.05, 0.1) is 12.6 Å². The highest BCUT2D eigenvalue weighted by Gasteiger charge is 2.47. The van der Waals surface area contributed by atoms with Gasteiger partial charge in [0, 0.05) is 37.8 Å². The summed E-state index contributed by atoms with van der Waals surface area (Å²) in [6.45, 7) is 2.26. The smallest absolute Gasteiger partial charge is 0.225 e. The highest BCUT2D eigenvalue weighted by atomic mass is 16.5. The van der Waals surface area contributed by atoms with E-state index in [9.17, 15) is 4.79 Å². The van der Waals surface area contributed by atoms with Crippen molar-refractivity contribution in [2.75, 3.05) is 0 Å². The minimum Gasteiger partial charge on any atom is -0.340 e. The van der Waals surface area contributed by atoms with E-state index in [2.05, 4.69) is 20.4 Å². The fourth-order valence-electron chi connectivity index (χ4n) is 3.30. The molecule has 7 heteroatoms. The Balaban J connectivity index is 1.55. The summed E-state index contributed by atoms with van der Waals surface area (Å²) in [6, 6.07) is 4.40. The molecule has 1 aliphatic heterocycles. The largest absolute Gasteiger partial charge is 0.340 e. The zero-order chi connectivity index (χ0) is 15.8. The van der Waals surface area contributed by atoms with Crippen LogP contribution in [0.5, 0.6) is 0 Å². The van der Waals surface area contributed by atoms with Crippen molar-refractivity contribution in [3.63, 3.8) is 0 Å². The first-order valence-corrected chi connectivity index (χ1v) is 7.96. The van der Waals surface area contributed by atoms with Crippen LogP contribution in [0.2, 0.25) is 0 Å². The summed E-state index contributed by atoms with van der Waals surface area (Å²) in [6.07, 6.45) is 6.30. The molecule has 2 atom stereocenters. The SMILES string of the molecule is Cc1nc(CN[C@@H]2CC(=O)N(C3CC3)[C@H]2c2cccnc2)no1. The predicted octanol–water partition coefficient (Wildman–Crippen LogP) is 1.37. The Morgan fingerprint density at radius 2 is 2.30 bits per heavy atom. The summed E-state index contributed by atoms with van der Waals surface area (Å²) in [5.74, 6) is 1.38.